The summed E-state index contributed by atoms with van der Waals surface area (Å²) in [5, 5.41) is 0.976. The van der Waals surface area contributed by atoms with Crippen LogP contribution in [0.2, 0.25) is 0 Å². The van der Waals surface area contributed by atoms with Crippen LogP contribution in [0.1, 0.15) is 0 Å². The molecule has 1 heterocycles. The fraction of sp³-hybridized carbons (Fsp3) is 0.0667. The standard InChI is InChI=1S/C15H10Br2FNO/c1-20-14-5-3-11(17)10-6-7-19(15(10)14)13-8-9(16)2-4-12(13)18/h2-8H,1H3. The van der Waals surface area contributed by atoms with E-state index in [0.29, 0.717) is 11.4 Å². The largest absolute Gasteiger partial charge is 0.495 e. The molecule has 102 valence electrons. The van der Waals surface area contributed by atoms with Gasteiger partial charge in [-0.15, -0.1) is 0 Å². The van der Waals surface area contributed by atoms with Gasteiger partial charge in [-0.3, -0.25) is 0 Å². The molecular formula is C15H10Br2FNO. The van der Waals surface area contributed by atoms with Crippen molar-refractivity contribution < 1.29 is 9.13 Å². The minimum atomic E-state index is -0.285. The number of nitrogens with zero attached hydrogens (tertiary/aromatic N) is 1. The topological polar surface area (TPSA) is 14.2 Å². The Balaban J connectivity index is 2.37. The lowest BCUT2D eigenvalue weighted by molar-refractivity contribution is 0.418. The molecule has 0 aliphatic carbocycles. The van der Waals surface area contributed by atoms with E-state index < -0.39 is 0 Å². The minimum Gasteiger partial charge on any atom is -0.495 e. The predicted octanol–water partition coefficient (Wildman–Crippen LogP) is 5.30. The van der Waals surface area contributed by atoms with E-state index in [1.54, 1.807) is 23.8 Å². The second-order valence-electron chi connectivity index (χ2n) is 4.29. The molecule has 3 aromatic rings. The van der Waals surface area contributed by atoms with E-state index in [9.17, 15) is 4.39 Å². The Kier molecular flexibility index (Phi) is 3.56. The highest BCUT2D eigenvalue weighted by molar-refractivity contribution is 9.11. The molecule has 0 bridgehead atoms. The third-order valence-corrected chi connectivity index (χ3v) is 4.33. The monoisotopic (exact) mass is 397 g/mol. The number of aromatic nitrogens is 1. The zero-order chi connectivity index (χ0) is 14.3. The molecule has 20 heavy (non-hydrogen) atoms. The molecule has 1 aromatic heterocycles. The Hall–Kier alpha value is -1.33. The normalized spacial score (nSPS) is 11.0. The Morgan fingerprint density at radius 2 is 1.90 bits per heavy atom. The summed E-state index contributed by atoms with van der Waals surface area (Å²) in [6.07, 6.45) is 1.84. The van der Waals surface area contributed by atoms with Crippen molar-refractivity contribution in [2.75, 3.05) is 7.11 Å². The van der Waals surface area contributed by atoms with Crippen LogP contribution in [0.4, 0.5) is 4.39 Å². The van der Waals surface area contributed by atoms with Gasteiger partial charge in [0.25, 0.3) is 0 Å². The van der Waals surface area contributed by atoms with Gasteiger partial charge in [-0.05, 0) is 36.4 Å². The molecule has 0 saturated heterocycles. The number of halogens is 3. The van der Waals surface area contributed by atoms with Crippen LogP contribution in [0.3, 0.4) is 0 Å². The predicted molar refractivity (Wildman–Crippen MR) is 85.2 cm³/mol. The van der Waals surface area contributed by atoms with Crippen molar-refractivity contribution >= 4 is 42.8 Å². The molecule has 2 aromatic carbocycles. The van der Waals surface area contributed by atoms with Crippen molar-refractivity contribution in [3.8, 4) is 11.4 Å². The van der Waals surface area contributed by atoms with Gasteiger partial charge >= 0.3 is 0 Å². The van der Waals surface area contributed by atoms with Crippen molar-refractivity contribution in [2.24, 2.45) is 0 Å². The lowest BCUT2D eigenvalue weighted by Crippen LogP contribution is -1.98. The molecule has 0 aliphatic rings. The second kappa shape index (κ2) is 5.22. The van der Waals surface area contributed by atoms with E-state index in [1.165, 1.54) is 6.07 Å². The Bertz CT molecular complexity index is 798. The molecule has 0 radical (unpaired) electrons. The van der Waals surface area contributed by atoms with Gasteiger partial charge in [-0.2, -0.15) is 0 Å². The van der Waals surface area contributed by atoms with Crippen LogP contribution >= 0.6 is 31.9 Å². The van der Waals surface area contributed by atoms with Crippen LogP contribution in [0, 0.1) is 5.82 Å². The number of ether oxygens (including phenoxy) is 1. The van der Waals surface area contributed by atoms with Crippen molar-refractivity contribution in [2.45, 2.75) is 0 Å². The summed E-state index contributed by atoms with van der Waals surface area (Å²) in [7, 11) is 1.61. The second-order valence-corrected chi connectivity index (χ2v) is 6.06. The zero-order valence-corrected chi connectivity index (χ0v) is 13.7. The summed E-state index contributed by atoms with van der Waals surface area (Å²) in [5.74, 6) is 0.417. The van der Waals surface area contributed by atoms with E-state index in [0.717, 1.165) is 19.8 Å². The molecule has 3 rings (SSSR count). The third-order valence-electron chi connectivity index (χ3n) is 3.15. The molecule has 5 heteroatoms. The fourth-order valence-corrected chi connectivity index (χ4v) is 3.03. The first-order chi connectivity index (χ1) is 9.61. The summed E-state index contributed by atoms with van der Waals surface area (Å²) >= 11 is 6.88. The molecular weight excluding hydrogens is 389 g/mol. The van der Waals surface area contributed by atoms with Gasteiger partial charge in [0.15, 0.2) is 0 Å². The van der Waals surface area contributed by atoms with Crippen molar-refractivity contribution in [3.63, 3.8) is 0 Å². The van der Waals surface area contributed by atoms with E-state index in [1.807, 2.05) is 24.4 Å². The highest BCUT2D eigenvalue weighted by atomic mass is 79.9. The summed E-state index contributed by atoms with van der Waals surface area (Å²) < 4.78 is 23.1. The number of benzene rings is 2. The van der Waals surface area contributed by atoms with Gasteiger partial charge in [-0.25, -0.2) is 4.39 Å². The Morgan fingerprint density at radius 1 is 1.10 bits per heavy atom. The van der Waals surface area contributed by atoms with E-state index in [-0.39, 0.29) is 5.82 Å². The molecule has 0 atom stereocenters. The molecule has 0 unspecified atom stereocenters. The molecule has 0 spiro atoms. The average molecular weight is 399 g/mol. The van der Waals surface area contributed by atoms with Crippen LogP contribution in [0.25, 0.3) is 16.6 Å². The van der Waals surface area contributed by atoms with Crippen LogP contribution < -0.4 is 4.74 Å². The van der Waals surface area contributed by atoms with Gasteiger partial charge in [-0.1, -0.05) is 31.9 Å². The van der Waals surface area contributed by atoms with Gasteiger partial charge in [0.2, 0.25) is 0 Å². The van der Waals surface area contributed by atoms with Crippen molar-refractivity contribution in [1.29, 1.82) is 0 Å². The first-order valence-electron chi connectivity index (χ1n) is 5.91. The first-order valence-corrected chi connectivity index (χ1v) is 7.49. The zero-order valence-electron chi connectivity index (χ0n) is 10.5. The molecule has 0 amide bonds. The van der Waals surface area contributed by atoms with Gasteiger partial charge < -0.3 is 9.30 Å². The Labute approximate surface area is 132 Å². The third kappa shape index (κ3) is 2.15. The lowest BCUT2D eigenvalue weighted by Gasteiger charge is -2.11. The average Bonchev–Trinajstić information content (AvgIpc) is 2.88. The van der Waals surface area contributed by atoms with Crippen LogP contribution in [-0.4, -0.2) is 11.7 Å². The minimum absolute atomic E-state index is 0.285. The molecule has 0 N–H and O–H groups in total. The number of rotatable bonds is 2. The number of hydrogen-bond acceptors (Lipinski definition) is 1. The first kappa shape index (κ1) is 13.6. The quantitative estimate of drug-likeness (QED) is 0.571. The summed E-state index contributed by atoms with van der Waals surface area (Å²) in [5.41, 5.74) is 1.31. The van der Waals surface area contributed by atoms with E-state index in [2.05, 4.69) is 31.9 Å². The maximum atomic E-state index is 14.1. The molecule has 2 nitrogen and oxygen atoms in total. The van der Waals surface area contributed by atoms with Crippen LogP contribution in [0.5, 0.6) is 5.75 Å². The lowest BCUT2D eigenvalue weighted by atomic mass is 10.2. The smallest absolute Gasteiger partial charge is 0.147 e. The van der Waals surface area contributed by atoms with Crippen LogP contribution in [0.15, 0.2) is 51.5 Å². The fourth-order valence-electron chi connectivity index (χ4n) is 2.23. The molecule has 0 fully saturated rings. The van der Waals surface area contributed by atoms with Gasteiger partial charge in [0.1, 0.15) is 11.6 Å². The number of methoxy groups -OCH3 is 1. The van der Waals surface area contributed by atoms with Crippen LogP contribution in [-0.2, 0) is 0 Å². The summed E-state index contributed by atoms with van der Waals surface area (Å²) in [4.78, 5) is 0. The Morgan fingerprint density at radius 3 is 2.65 bits per heavy atom. The summed E-state index contributed by atoms with van der Waals surface area (Å²) in [6.45, 7) is 0. The van der Waals surface area contributed by atoms with E-state index >= 15 is 0 Å². The van der Waals surface area contributed by atoms with E-state index in [4.69, 9.17) is 4.74 Å². The SMILES string of the molecule is COc1ccc(Br)c2ccn(-c3cc(Br)ccc3F)c12. The number of hydrogen-bond donors (Lipinski definition) is 0. The molecule has 0 aliphatic heterocycles. The van der Waals surface area contributed by atoms with Gasteiger partial charge in [0.05, 0.1) is 18.3 Å². The summed E-state index contributed by atoms with van der Waals surface area (Å²) in [6, 6.07) is 10.6. The highest BCUT2D eigenvalue weighted by Gasteiger charge is 2.14. The van der Waals surface area contributed by atoms with Crippen molar-refractivity contribution in [3.05, 3.63) is 57.4 Å². The number of fused-ring (bicyclic) bond motifs is 1. The molecule has 0 saturated carbocycles. The highest BCUT2D eigenvalue weighted by Crippen LogP contribution is 2.35. The maximum absolute atomic E-state index is 14.1. The maximum Gasteiger partial charge on any atom is 0.147 e. The van der Waals surface area contributed by atoms with Gasteiger partial charge in [0, 0.05) is 20.5 Å². The van der Waals surface area contributed by atoms with Crippen molar-refractivity contribution in [1.82, 2.24) is 4.57 Å².